The Labute approximate surface area is 149 Å². The van der Waals surface area contributed by atoms with Crippen LogP contribution in [-0.2, 0) is 14.4 Å². The molecule has 0 fully saturated rings. The van der Waals surface area contributed by atoms with Crippen LogP contribution >= 0.6 is 0 Å². The fraction of sp³-hybridized carbons (Fsp3) is 0. The first kappa shape index (κ1) is 20.1. The van der Waals surface area contributed by atoms with Crippen molar-refractivity contribution in [2.45, 2.75) is 4.90 Å². The van der Waals surface area contributed by atoms with Crippen LogP contribution in [0, 0.1) is 40.4 Å². The maximum atomic E-state index is 13.6. The molecule has 0 atom stereocenters. The van der Waals surface area contributed by atoms with Gasteiger partial charge in [-0.2, -0.15) is 13.7 Å². The van der Waals surface area contributed by atoms with Gasteiger partial charge in [0.2, 0.25) is 5.82 Å². The number of hydrogen-bond acceptors (Lipinski definition) is 5. The predicted octanol–water partition coefficient (Wildman–Crippen LogP) is 3.68. The number of nitriles is 1. The second-order valence-electron chi connectivity index (χ2n) is 4.76. The molecule has 27 heavy (non-hydrogen) atoms. The van der Waals surface area contributed by atoms with Gasteiger partial charge in [-0.15, -0.1) is 0 Å². The molecule has 0 radical (unpaired) electrons. The van der Waals surface area contributed by atoms with Crippen LogP contribution < -0.4 is 0 Å². The van der Waals surface area contributed by atoms with Crippen LogP contribution in [0.3, 0.4) is 0 Å². The molecule has 5 nitrogen and oxygen atoms in total. The molecule has 0 aliphatic carbocycles. The molecule has 140 valence electrons. The monoisotopic (exact) mass is 402 g/mol. The minimum atomic E-state index is -5.54. The maximum absolute atomic E-state index is 13.6. The summed E-state index contributed by atoms with van der Waals surface area (Å²) in [6.07, 6.45) is 2.36. The highest BCUT2D eigenvalue weighted by Crippen LogP contribution is 2.28. The van der Waals surface area contributed by atoms with Crippen molar-refractivity contribution < 1.29 is 34.7 Å². The molecule has 0 amide bonds. The Balaban J connectivity index is 2.38. The Hall–Kier alpha value is -3.26. The first-order valence-electron chi connectivity index (χ1n) is 6.85. The molecule has 0 bridgehead atoms. The lowest BCUT2D eigenvalue weighted by atomic mass is 10.2. The van der Waals surface area contributed by atoms with Crippen molar-refractivity contribution in [1.82, 2.24) is 0 Å². The van der Waals surface area contributed by atoms with Crippen LogP contribution in [0.25, 0.3) is 6.08 Å². The third-order valence-electron chi connectivity index (χ3n) is 3.00. The van der Waals surface area contributed by atoms with Crippen molar-refractivity contribution in [2.75, 3.05) is 0 Å². The standard InChI is InChI=1S/C16H7F5N2O3S/c17-11-12(18)14(20)16(15(21)13(11)19)27(24,25)26-23-10(8-22)7-6-9-4-2-1-3-5-9/h1-7H. The van der Waals surface area contributed by atoms with Gasteiger partial charge in [0, 0.05) is 0 Å². The number of oxime groups is 1. The third-order valence-corrected chi connectivity index (χ3v) is 4.13. The Morgan fingerprint density at radius 2 is 1.48 bits per heavy atom. The summed E-state index contributed by atoms with van der Waals surface area (Å²) in [7, 11) is -5.54. The zero-order chi connectivity index (χ0) is 20.2. The average molecular weight is 402 g/mol. The van der Waals surface area contributed by atoms with Gasteiger partial charge in [0.25, 0.3) is 0 Å². The van der Waals surface area contributed by atoms with E-state index in [1.54, 1.807) is 30.3 Å². The van der Waals surface area contributed by atoms with Crippen LogP contribution in [0.4, 0.5) is 22.0 Å². The van der Waals surface area contributed by atoms with Gasteiger partial charge in [0.15, 0.2) is 33.9 Å². The molecule has 0 aromatic heterocycles. The number of nitrogens with zero attached hydrogens (tertiary/aromatic N) is 2. The van der Waals surface area contributed by atoms with E-state index in [2.05, 4.69) is 9.44 Å². The Bertz CT molecular complexity index is 1050. The lowest BCUT2D eigenvalue weighted by molar-refractivity contribution is 0.318. The zero-order valence-electron chi connectivity index (χ0n) is 13.0. The summed E-state index contributed by atoms with van der Waals surface area (Å²) >= 11 is 0. The van der Waals surface area contributed by atoms with Crippen molar-refractivity contribution in [3.05, 3.63) is 71.1 Å². The first-order valence-corrected chi connectivity index (χ1v) is 8.26. The smallest absolute Gasteiger partial charge is 0.263 e. The number of allylic oxidation sites excluding steroid dienone is 1. The Morgan fingerprint density at radius 1 is 0.963 bits per heavy atom. The van der Waals surface area contributed by atoms with Gasteiger partial charge in [-0.1, -0.05) is 41.6 Å². The molecular weight excluding hydrogens is 395 g/mol. The molecule has 0 saturated heterocycles. The number of hydrogen-bond donors (Lipinski definition) is 0. The van der Waals surface area contributed by atoms with Gasteiger partial charge in [-0.05, 0) is 11.6 Å². The largest absolute Gasteiger partial charge is 0.364 e. The summed E-state index contributed by atoms with van der Waals surface area (Å²) in [5.74, 6) is -12.7. The first-order chi connectivity index (χ1) is 12.7. The minimum Gasteiger partial charge on any atom is -0.263 e. The highest BCUT2D eigenvalue weighted by molar-refractivity contribution is 7.86. The molecule has 0 saturated carbocycles. The minimum absolute atomic E-state index is 0.600. The lowest BCUT2D eigenvalue weighted by Crippen LogP contribution is -2.14. The summed E-state index contributed by atoms with van der Waals surface area (Å²) in [5, 5.41) is 11.8. The van der Waals surface area contributed by atoms with Crippen LogP contribution in [-0.4, -0.2) is 14.1 Å². The predicted molar refractivity (Wildman–Crippen MR) is 83.0 cm³/mol. The van der Waals surface area contributed by atoms with Crippen molar-refractivity contribution in [1.29, 1.82) is 5.26 Å². The van der Waals surface area contributed by atoms with E-state index in [0.29, 0.717) is 5.56 Å². The molecule has 11 heteroatoms. The van der Waals surface area contributed by atoms with E-state index in [-0.39, 0.29) is 0 Å². The van der Waals surface area contributed by atoms with Crippen LogP contribution in [0.15, 0.2) is 46.5 Å². The number of rotatable bonds is 5. The van der Waals surface area contributed by atoms with Gasteiger partial charge < -0.3 is 0 Å². The fourth-order valence-electron chi connectivity index (χ4n) is 1.76. The molecule has 0 spiro atoms. The van der Waals surface area contributed by atoms with Gasteiger partial charge in [-0.3, -0.25) is 4.28 Å². The van der Waals surface area contributed by atoms with Crippen molar-refractivity contribution in [2.24, 2.45) is 5.16 Å². The van der Waals surface area contributed by atoms with E-state index in [1.807, 2.05) is 0 Å². The van der Waals surface area contributed by atoms with E-state index < -0.39 is 49.8 Å². The van der Waals surface area contributed by atoms with Gasteiger partial charge in [0.1, 0.15) is 6.07 Å². The van der Waals surface area contributed by atoms with Gasteiger partial charge in [0.05, 0.1) is 0 Å². The highest BCUT2D eigenvalue weighted by atomic mass is 32.2. The Kier molecular flexibility index (Phi) is 5.91. The van der Waals surface area contributed by atoms with E-state index in [4.69, 9.17) is 5.26 Å². The second kappa shape index (κ2) is 7.96. The van der Waals surface area contributed by atoms with Crippen molar-refractivity contribution >= 4 is 21.9 Å². The molecule has 0 unspecified atom stereocenters. The SMILES string of the molecule is N#CC(C=Cc1ccccc1)=NOS(=O)(=O)c1c(F)c(F)c(F)c(F)c1F. The maximum Gasteiger partial charge on any atom is 0.364 e. The fourth-order valence-corrected chi connectivity index (χ4v) is 2.63. The Morgan fingerprint density at radius 3 is 2.00 bits per heavy atom. The molecule has 0 N–H and O–H groups in total. The molecular formula is C16H7F5N2O3S. The van der Waals surface area contributed by atoms with E-state index in [1.165, 1.54) is 12.1 Å². The molecule has 0 aliphatic rings. The number of benzene rings is 2. The zero-order valence-corrected chi connectivity index (χ0v) is 13.8. The van der Waals surface area contributed by atoms with E-state index in [0.717, 1.165) is 6.08 Å². The quantitative estimate of drug-likeness (QED) is 0.251. The third kappa shape index (κ3) is 4.29. The molecule has 2 aromatic carbocycles. The molecule has 0 heterocycles. The van der Waals surface area contributed by atoms with E-state index in [9.17, 15) is 30.4 Å². The van der Waals surface area contributed by atoms with Crippen LogP contribution in [0.1, 0.15) is 5.56 Å². The summed E-state index contributed by atoms with van der Waals surface area (Å²) in [6, 6.07) is 9.78. The summed E-state index contributed by atoms with van der Waals surface area (Å²) in [6.45, 7) is 0. The second-order valence-corrected chi connectivity index (χ2v) is 6.23. The molecule has 2 rings (SSSR count). The lowest BCUT2D eigenvalue weighted by Gasteiger charge is -2.07. The van der Waals surface area contributed by atoms with Gasteiger partial charge >= 0.3 is 10.1 Å². The summed E-state index contributed by atoms with van der Waals surface area (Å²) < 4.78 is 93.8. The average Bonchev–Trinajstić information content (AvgIpc) is 2.65. The van der Waals surface area contributed by atoms with E-state index >= 15 is 0 Å². The topological polar surface area (TPSA) is 79.5 Å². The van der Waals surface area contributed by atoms with Crippen molar-refractivity contribution in [3.8, 4) is 6.07 Å². The van der Waals surface area contributed by atoms with Crippen LogP contribution in [0.2, 0.25) is 0 Å². The van der Waals surface area contributed by atoms with Gasteiger partial charge in [-0.25, -0.2) is 22.0 Å². The van der Waals surface area contributed by atoms with Crippen LogP contribution in [0.5, 0.6) is 0 Å². The number of halogens is 5. The molecule has 0 aliphatic heterocycles. The summed E-state index contributed by atoms with van der Waals surface area (Å²) in [4.78, 5) is -2.22. The highest BCUT2D eigenvalue weighted by Gasteiger charge is 2.35. The summed E-state index contributed by atoms with van der Waals surface area (Å²) in [5.41, 5.74) is -0.0469. The molecule has 2 aromatic rings. The van der Waals surface area contributed by atoms with Crippen molar-refractivity contribution in [3.63, 3.8) is 0 Å². The normalized spacial score (nSPS) is 12.2.